The van der Waals surface area contributed by atoms with Gasteiger partial charge in [-0.25, -0.2) is 13.6 Å². The molecule has 2 heterocycles. The van der Waals surface area contributed by atoms with Crippen molar-refractivity contribution in [2.45, 2.75) is 38.3 Å². The molecule has 1 saturated heterocycles. The minimum absolute atomic E-state index is 0.00959. The summed E-state index contributed by atoms with van der Waals surface area (Å²) in [4.78, 5) is 36.4. The van der Waals surface area contributed by atoms with Crippen LogP contribution in [0, 0.1) is 18.6 Å². The summed E-state index contributed by atoms with van der Waals surface area (Å²) in [7, 11) is 0. The number of hydrogen-bond donors (Lipinski definition) is 3. The normalized spacial score (nSPS) is 19.2. The zero-order chi connectivity index (χ0) is 23.5. The molecule has 0 radical (unpaired) electrons. The second-order valence-electron chi connectivity index (χ2n) is 7.99. The standard InChI is InChI=1S/C23H23F2N3O5/c1-12-10-13(2-5-16(12)24)27-22(30)15-4-6-17(25)20-18(8-9-32-21(15)20)28-23(31)33-11-14-3-7-19(29)26-14/h2,4-6,10,14,18H,3,7-9,11H2,1H3,(H,26,29)(H,27,30)(H,28,31)/t14-,18-/m0/s1. The summed E-state index contributed by atoms with van der Waals surface area (Å²) in [6, 6.07) is 5.56. The lowest BCUT2D eigenvalue weighted by atomic mass is 9.96. The van der Waals surface area contributed by atoms with Crippen molar-refractivity contribution in [2.75, 3.05) is 18.5 Å². The van der Waals surface area contributed by atoms with E-state index in [-0.39, 0.29) is 48.5 Å². The van der Waals surface area contributed by atoms with Gasteiger partial charge in [0.15, 0.2) is 0 Å². The maximum absolute atomic E-state index is 14.7. The van der Waals surface area contributed by atoms with Gasteiger partial charge in [-0.15, -0.1) is 0 Å². The lowest BCUT2D eigenvalue weighted by molar-refractivity contribution is -0.119. The molecule has 2 aliphatic heterocycles. The van der Waals surface area contributed by atoms with Crippen LogP contribution in [-0.4, -0.2) is 37.2 Å². The lowest BCUT2D eigenvalue weighted by Gasteiger charge is -2.28. The molecule has 0 spiro atoms. The largest absolute Gasteiger partial charge is 0.492 e. The number of halogens is 2. The Hall–Kier alpha value is -3.69. The van der Waals surface area contributed by atoms with Crippen molar-refractivity contribution in [3.63, 3.8) is 0 Å². The summed E-state index contributed by atoms with van der Waals surface area (Å²) in [6.45, 7) is 1.73. The van der Waals surface area contributed by atoms with Crippen LogP contribution in [0.4, 0.5) is 19.3 Å². The van der Waals surface area contributed by atoms with Crippen LogP contribution in [0.1, 0.15) is 46.8 Å². The fourth-order valence-corrected chi connectivity index (χ4v) is 3.89. The van der Waals surface area contributed by atoms with Gasteiger partial charge < -0.3 is 25.4 Å². The third-order valence-corrected chi connectivity index (χ3v) is 5.60. The molecule has 0 saturated carbocycles. The molecule has 2 aromatic rings. The Bertz CT molecular complexity index is 1110. The van der Waals surface area contributed by atoms with Crippen LogP contribution < -0.4 is 20.7 Å². The Morgan fingerprint density at radius 2 is 1.97 bits per heavy atom. The predicted molar refractivity (Wildman–Crippen MR) is 114 cm³/mol. The van der Waals surface area contributed by atoms with Gasteiger partial charge in [-0.2, -0.15) is 0 Å². The molecule has 3 amide bonds. The number of alkyl carbamates (subject to hydrolysis) is 1. The summed E-state index contributed by atoms with van der Waals surface area (Å²) in [6.07, 6.45) is 0.482. The third-order valence-electron chi connectivity index (χ3n) is 5.60. The lowest BCUT2D eigenvalue weighted by Crippen LogP contribution is -2.37. The van der Waals surface area contributed by atoms with Crippen molar-refractivity contribution in [3.05, 3.63) is 58.7 Å². The van der Waals surface area contributed by atoms with Gasteiger partial charge in [0.25, 0.3) is 5.91 Å². The molecule has 8 nitrogen and oxygen atoms in total. The zero-order valence-corrected chi connectivity index (χ0v) is 17.9. The SMILES string of the molecule is Cc1cc(NC(=O)c2ccc(F)c3c2OCC[C@@H]3NC(=O)OC[C@@H]2CCC(=O)N2)ccc1F. The molecule has 2 atom stereocenters. The van der Waals surface area contributed by atoms with E-state index in [0.29, 0.717) is 24.1 Å². The van der Waals surface area contributed by atoms with E-state index in [1.54, 1.807) is 6.92 Å². The number of carbonyl (C=O) groups excluding carboxylic acids is 3. The summed E-state index contributed by atoms with van der Waals surface area (Å²) in [5.74, 6) is -1.65. The molecular formula is C23H23F2N3O5. The van der Waals surface area contributed by atoms with Crippen molar-refractivity contribution in [2.24, 2.45) is 0 Å². The van der Waals surface area contributed by atoms with E-state index >= 15 is 0 Å². The predicted octanol–water partition coefficient (Wildman–Crippen LogP) is 3.35. The van der Waals surface area contributed by atoms with Gasteiger partial charge in [0.1, 0.15) is 24.0 Å². The quantitative estimate of drug-likeness (QED) is 0.636. The molecular weight excluding hydrogens is 436 g/mol. The monoisotopic (exact) mass is 459 g/mol. The molecule has 3 N–H and O–H groups in total. The first kappa shape index (κ1) is 22.5. The topological polar surface area (TPSA) is 106 Å². The molecule has 0 bridgehead atoms. The highest BCUT2D eigenvalue weighted by atomic mass is 19.1. The average molecular weight is 459 g/mol. The summed E-state index contributed by atoms with van der Waals surface area (Å²) < 4.78 is 39.0. The molecule has 1 fully saturated rings. The molecule has 4 rings (SSSR count). The average Bonchev–Trinajstić information content (AvgIpc) is 3.20. The van der Waals surface area contributed by atoms with Crippen molar-refractivity contribution in [1.29, 1.82) is 0 Å². The number of rotatable bonds is 5. The number of benzene rings is 2. The van der Waals surface area contributed by atoms with Gasteiger partial charge in [0.05, 0.1) is 29.8 Å². The number of ether oxygens (including phenoxy) is 2. The summed E-state index contributed by atoms with van der Waals surface area (Å²) >= 11 is 0. The van der Waals surface area contributed by atoms with Crippen LogP contribution in [0.3, 0.4) is 0 Å². The molecule has 174 valence electrons. The van der Waals surface area contributed by atoms with E-state index in [2.05, 4.69) is 16.0 Å². The number of nitrogens with one attached hydrogen (secondary N) is 3. The molecule has 0 aromatic heterocycles. The van der Waals surface area contributed by atoms with Gasteiger partial charge in [-0.3, -0.25) is 9.59 Å². The summed E-state index contributed by atoms with van der Waals surface area (Å²) in [5, 5.41) is 7.96. The van der Waals surface area contributed by atoms with Crippen molar-refractivity contribution in [1.82, 2.24) is 10.6 Å². The Kier molecular flexibility index (Phi) is 6.43. The first-order chi connectivity index (χ1) is 15.8. The smallest absolute Gasteiger partial charge is 0.407 e. The van der Waals surface area contributed by atoms with E-state index in [9.17, 15) is 23.2 Å². The van der Waals surface area contributed by atoms with E-state index in [1.165, 1.54) is 24.3 Å². The molecule has 2 aliphatic rings. The first-order valence-corrected chi connectivity index (χ1v) is 10.6. The zero-order valence-electron chi connectivity index (χ0n) is 17.9. The third kappa shape index (κ3) is 5.05. The van der Waals surface area contributed by atoms with E-state index in [1.807, 2.05) is 0 Å². The minimum atomic E-state index is -0.764. The van der Waals surface area contributed by atoms with Crippen LogP contribution in [0.2, 0.25) is 0 Å². The van der Waals surface area contributed by atoms with Crippen LogP contribution in [0.25, 0.3) is 0 Å². The highest BCUT2D eigenvalue weighted by Gasteiger charge is 2.31. The Balaban J connectivity index is 1.48. The van der Waals surface area contributed by atoms with Crippen LogP contribution in [0.5, 0.6) is 5.75 Å². The number of carbonyl (C=O) groups is 3. The maximum atomic E-state index is 14.7. The van der Waals surface area contributed by atoms with Crippen molar-refractivity contribution in [3.8, 4) is 5.75 Å². The number of hydrogen-bond acceptors (Lipinski definition) is 5. The maximum Gasteiger partial charge on any atom is 0.407 e. The van der Waals surface area contributed by atoms with Gasteiger partial charge in [0.2, 0.25) is 5.91 Å². The van der Waals surface area contributed by atoms with Gasteiger partial charge in [-0.05, 0) is 49.2 Å². The van der Waals surface area contributed by atoms with Crippen LogP contribution in [0.15, 0.2) is 30.3 Å². The van der Waals surface area contributed by atoms with Crippen molar-refractivity contribution >= 4 is 23.6 Å². The number of aryl methyl sites for hydroxylation is 1. The van der Waals surface area contributed by atoms with Crippen LogP contribution >= 0.6 is 0 Å². The second kappa shape index (κ2) is 9.43. The molecule has 33 heavy (non-hydrogen) atoms. The van der Waals surface area contributed by atoms with Gasteiger partial charge in [0, 0.05) is 18.5 Å². The Labute approximate surface area is 188 Å². The fourth-order valence-electron chi connectivity index (χ4n) is 3.89. The highest BCUT2D eigenvalue weighted by molar-refractivity contribution is 6.06. The van der Waals surface area contributed by atoms with Crippen LogP contribution in [-0.2, 0) is 9.53 Å². The second-order valence-corrected chi connectivity index (χ2v) is 7.99. The van der Waals surface area contributed by atoms with E-state index < -0.39 is 29.7 Å². The minimum Gasteiger partial charge on any atom is -0.492 e. The van der Waals surface area contributed by atoms with Gasteiger partial charge in [-0.1, -0.05) is 0 Å². The molecule has 2 aromatic carbocycles. The van der Waals surface area contributed by atoms with E-state index in [4.69, 9.17) is 9.47 Å². The molecule has 0 unspecified atom stereocenters. The number of fused-ring (bicyclic) bond motifs is 1. The number of anilines is 1. The first-order valence-electron chi connectivity index (χ1n) is 10.6. The van der Waals surface area contributed by atoms with Crippen molar-refractivity contribution < 1.29 is 32.6 Å². The van der Waals surface area contributed by atoms with Gasteiger partial charge >= 0.3 is 6.09 Å². The summed E-state index contributed by atoms with van der Waals surface area (Å²) in [5.41, 5.74) is 0.882. The highest BCUT2D eigenvalue weighted by Crippen LogP contribution is 2.37. The fraction of sp³-hybridized carbons (Fsp3) is 0.348. The Morgan fingerprint density at radius 3 is 2.70 bits per heavy atom. The molecule has 10 heteroatoms. The van der Waals surface area contributed by atoms with E-state index in [0.717, 1.165) is 6.07 Å². The number of amides is 3. The Morgan fingerprint density at radius 1 is 1.18 bits per heavy atom. The molecule has 0 aliphatic carbocycles.